The molecule has 0 fully saturated rings. The molecule has 100 valence electrons. The van der Waals surface area contributed by atoms with Gasteiger partial charge in [-0.15, -0.1) is 0 Å². The van der Waals surface area contributed by atoms with E-state index >= 15 is 0 Å². The number of rotatable bonds is 7. The van der Waals surface area contributed by atoms with Crippen LogP contribution in [0.4, 0.5) is 0 Å². The third kappa shape index (κ3) is 6.35. The molecule has 0 aromatic heterocycles. The van der Waals surface area contributed by atoms with Crippen molar-refractivity contribution in [3.05, 3.63) is 71.8 Å². The number of hydrogen-bond acceptors (Lipinski definition) is 0. The van der Waals surface area contributed by atoms with Crippen molar-refractivity contribution in [2.75, 3.05) is 12.3 Å². The Morgan fingerprint density at radius 2 is 1.20 bits per heavy atom. The van der Waals surface area contributed by atoms with Crippen molar-refractivity contribution in [1.29, 1.82) is 0 Å². The second-order valence-electron chi connectivity index (χ2n) is 4.92. The van der Waals surface area contributed by atoms with Crippen molar-refractivity contribution in [3.8, 4) is 0 Å². The Balaban J connectivity index is 1.90. The Bertz CT molecular complexity index is 510. The van der Waals surface area contributed by atoms with E-state index in [0.717, 1.165) is 50.5 Å². The fourth-order valence-corrected chi connectivity index (χ4v) is 17.5. The molecule has 2 aromatic rings. The summed E-state index contributed by atoms with van der Waals surface area (Å²) < 4.78 is -0.760. The standard InChI is InChI=1S/C16H19PSe2.K/c18-17(19,13-11-15-7-3-1-4-8-15)14-12-16-9-5-2-6-10-16;/h1-10H,11-14H2,(H,18,19);/q;+1/p-1. The fourth-order valence-electron chi connectivity index (χ4n) is 2.18. The van der Waals surface area contributed by atoms with Crippen molar-refractivity contribution >= 4 is 69.8 Å². The molecular formula is C16H18KPSe2. The first kappa shape index (κ1) is 17.9. The zero-order valence-electron chi connectivity index (χ0n) is 11.9. The van der Waals surface area contributed by atoms with Crippen LogP contribution in [0.5, 0.6) is 0 Å². The second-order valence-corrected chi connectivity index (χ2v) is 31.3. The molecule has 0 spiro atoms. The summed E-state index contributed by atoms with van der Waals surface area (Å²) in [6, 6.07) is 21.9. The quantitative estimate of drug-likeness (QED) is 0.460. The van der Waals surface area contributed by atoms with Gasteiger partial charge in [-0.1, -0.05) is 0 Å². The van der Waals surface area contributed by atoms with Gasteiger partial charge in [-0.3, -0.25) is 0 Å². The Labute approximate surface area is 164 Å². The summed E-state index contributed by atoms with van der Waals surface area (Å²) in [5, 5.41) is 0.934. The van der Waals surface area contributed by atoms with E-state index in [0.29, 0.717) is 0 Å². The monoisotopic (exact) mass is 440 g/mol. The average Bonchev–Trinajstić information content (AvgIpc) is 2.53. The van der Waals surface area contributed by atoms with Crippen LogP contribution in [0, 0.1) is 0 Å². The zero-order valence-corrected chi connectivity index (χ0v) is 19.3. The summed E-state index contributed by atoms with van der Waals surface area (Å²) in [6.07, 6.45) is 5.33. The maximum atomic E-state index is 3.67. The Morgan fingerprint density at radius 3 is 1.55 bits per heavy atom. The van der Waals surface area contributed by atoms with E-state index in [4.69, 9.17) is 0 Å². The van der Waals surface area contributed by atoms with Crippen LogP contribution < -0.4 is 0 Å². The van der Waals surface area contributed by atoms with Crippen LogP contribution in [0.3, 0.4) is 0 Å². The SMILES string of the molecule is [K][Se]P(=[Se])(CCc1ccccc1)CCc1ccccc1. The average molecular weight is 438 g/mol. The fraction of sp³-hybridized carbons (Fsp3) is 0.250. The first-order chi connectivity index (χ1) is 9.72. The topological polar surface area (TPSA) is 0 Å². The molecule has 0 amide bonds. The van der Waals surface area contributed by atoms with E-state index in [1.807, 2.05) is 0 Å². The summed E-state index contributed by atoms with van der Waals surface area (Å²) >= 11 is 4.69. The van der Waals surface area contributed by atoms with Crippen LogP contribution in [0.1, 0.15) is 11.1 Å². The number of benzene rings is 2. The van der Waals surface area contributed by atoms with Crippen molar-refractivity contribution in [2.24, 2.45) is 0 Å². The molecule has 2 rings (SSSR count). The molecule has 0 atom stereocenters. The van der Waals surface area contributed by atoms with Gasteiger partial charge in [0.05, 0.1) is 0 Å². The number of aryl methyl sites for hydroxylation is 2. The first-order valence-corrected chi connectivity index (χ1v) is 21.9. The van der Waals surface area contributed by atoms with Gasteiger partial charge in [0.25, 0.3) is 0 Å². The molecule has 0 saturated carbocycles. The zero-order chi connectivity index (χ0) is 14.3. The molecule has 20 heavy (non-hydrogen) atoms. The van der Waals surface area contributed by atoms with Gasteiger partial charge in [0.1, 0.15) is 0 Å². The van der Waals surface area contributed by atoms with E-state index < -0.39 is 4.20 Å². The third-order valence-electron chi connectivity index (χ3n) is 3.50. The first-order valence-electron chi connectivity index (χ1n) is 6.93. The van der Waals surface area contributed by atoms with Crippen molar-refractivity contribution in [2.45, 2.75) is 12.8 Å². The maximum absolute atomic E-state index is 3.67. The molecular weight excluding hydrogens is 420 g/mol. The van der Waals surface area contributed by atoms with E-state index in [1.54, 1.807) is 0 Å². The molecule has 2 aromatic carbocycles. The molecule has 0 unspecified atom stereocenters. The van der Waals surface area contributed by atoms with Gasteiger partial charge in [0.15, 0.2) is 0 Å². The Kier molecular flexibility index (Phi) is 8.62. The van der Waals surface area contributed by atoms with Crippen LogP contribution in [-0.4, -0.2) is 78.0 Å². The van der Waals surface area contributed by atoms with Gasteiger partial charge < -0.3 is 0 Å². The van der Waals surface area contributed by atoms with Gasteiger partial charge in [-0.25, -0.2) is 0 Å². The van der Waals surface area contributed by atoms with Crippen LogP contribution >= 0.6 is 4.20 Å². The Morgan fingerprint density at radius 1 is 0.800 bits per heavy atom. The van der Waals surface area contributed by atoms with Crippen LogP contribution in [0.2, 0.25) is 0 Å². The summed E-state index contributed by atoms with van der Waals surface area (Å²) in [4.78, 5) is 0. The van der Waals surface area contributed by atoms with Crippen molar-refractivity contribution in [3.63, 3.8) is 0 Å². The predicted octanol–water partition coefficient (Wildman–Crippen LogP) is 3.28. The molecule has 0 heterocycles. The predicted molar refractivity (Wildman–Crippen MR) is 94.2 cm³/mol. The number of hydrogen-bond donors (Lipinski definition) is 0. The van der Waals surface area contributed by atoms with Gasteiger partial charge in [0, 0.05) is 0 Å². The van der Waals surface area contributed by atoms with E-state index in [2.05, 4.69) is 75.8 Å². The summed E-state index contributed by atoms with van der Waals surface area (Å²) in [6.45, 7) is 0. The summed E-state index contributed by atoms with van der Waals surface area (Å²) in [5.74, 6) is 0. The molecule has 0 bridgehead atoms. The molecule has 0 aliphatic rings. The van der Waals surface area contributed by atoms with Gasteiger partial charge in [-0.05, 0) is 0 Å². The van der Waals surface area contributed by atoms with Crippen LogP contribution in [0.15, 0.2) is 60.7 Å². The molecule has 4 heteroatoms. The third-order valence-corrected chi connectivity index (χ3v) is 51.1. The van der Waals surface area contributed by atoms with Crippen LogP contribution in [0.25, 0.3) is 0 Å². The Hall–Kier alpha value is 1.55. The van der Waals surface area contributed by atoms with Crippen molar-refractivity contribution in [1.82, 2.24) is 0 Å². The van der Waals surface area contributed by atoms with E-state index in [9.17, 15) is 0 Å². The molecule has 0 radical (unpaired) electrons. The molecule has 0 aliphatic heterocycles. The van der Waals surface area contributed by atoms with Crippen molar-refractivity contribution < 1.29 is 0 Å². The van der Waals surface area contributed by atoms with Crippen LogP contribution in [-0.2, 0) is 12.8 Å². The van der Waals surface area contributed by atoms with Gasteiger partial charge in [0.2, 0.25) is 0 Å². The molecule has 0 N–H and O–H groups in total. The summed E-state index contributed by atoms with van der Waals surface area (Å²) in [5.41, 5.74) is 3.01. The van der Waals surface area contributed by atoms with E-state index in [1.165, 1.54) is 36.3 Å². The van der Waals surface area contributed by atoms with Gasteiger partial charge in [-0.2, -0.15) is 0 Å². The van der Waals surface area contributed by atoms with E-state index in [-0.39, 0.29) is 0 Å². The van der Waals surface area contributed by atoms with Gasteiger partial charge >= 0.3 is 167 Å². The molecule has 0 aliphatic carbocycles. The molecule has 0 nitrogen and oxygen atoms in total. The normalized spacial score (nSPS) is 11.5. The summed E-state index contributed by atoms with van der Waals surface area (Å²) in [7, 11) is 0. The minimum atomic E-state index is -0.760. The second kappa shape index (κ2) is 9.63. The molecule has 0 saturated heterocycles. The minimum absolute atomic E-state index is 0.760.